The summed E-state index contributed by atoms with van der Waals surface area (Å²) < 4.78 is 42.8. The molecule has 1 saturated heterocycles. The first-order valence-electron chi connectivity index (χ1n) is 7.50. The van der Waals surface area contributed by atoms with Gasteiger partial charge in [0, 0.05) is 11.8 Å². The molecule has 0 atom stereocenters. The summed E-state index contributed by atoms with van der Waals surface area (Å²) in [7, 11) is -3.77. The summed E-state index contributed by atoms with van der Waals surface area (Å²) in [4.78, 5) is 13.1. The molecule has 130 valence electrons. The largest absolute Gasteiger partial charge is 0.454 e. The molecule has 0 bridgehead atoms. The van der Waals surface area contributed by atoms with Gasteiger partial charge in [-0.05, 0) is 36.4 Å². The molecule has 2 aliphatic heterocycles. The number of rotatable bonds is 4. The van der Waals surface area contributed by atoms with Crippen LogP contribution in [0.15, 0.2) is 47.4 Å². The van der Waals surface area contributed by atoms with Crippen LogP contribution in [0.4, 0.5) is 16.2 Å². The molecule has 0 aliphatic carbocycles. The van der Waals surface area contributed by atoms with Gasteiger partial charge in [-0.3, -0.25) is 9.62 Å². The van der Waals surface area contributed by atoms with Gasteiger partial charge in [-0.15, -0.1) is 0 Å². The molecular formula is C16H14N2O6S. The van der Waals surface area contributed by atoms with Gasteiger partial charge in [-0.1, -0.05) is 0 Å². The van der Waals surface area contributed by atoms with Gasteiger partial charge >= 0.3 is 6.09 Å². The molecule has 0 spiro atoms. The third-order valence-electron chi connectivity index (χ3n) is 3.84. The number of amides is 1. The first-order valence-corrected chi connectivity index (χ1v) is 8.98. The van der Waals surface area contributed by atoms with E-state index in [1.54, 1.807) is 30.3 Å². The van der Waals surface area contributed by atoms with Crippen LogP contribution in [0.2, 0.25) is 0 Å². The Morgan fingerprint density at radius 1 is 0.960 bits per heavy atom. The molecule has 0 aromatic heterocycles. The summed E-state index contributed by atoms with van der Waals surface area (Å²) in [6, 6.07) is 10.8. The second kappa shape index (κ2) is 5.85. The summed E-state index contributed by atoms with van der Waals surface area (Å²) in [5.41, 5.74) is 0.959. The SMILES string of the molecule is O=C1OCCN1c1ccc(S(=O)(=O)Nc2ccc3c(c2)OCO3)cc1. The monoisotopic (exact) mass is 362 g/mol. The van der Waals surface area contributed by atoms with Crippen LogP contribution in [0.5, 0.6) is 11.5 Å². The fraction of sp³-hybridized carbons (Fsp3) is 0.188. The second-order valence-electron chi connectivity index (χ2n) is 5.43. The average molecular weight is 362 g/mol. The number of hydrogen-bond acceptors (Lipinski definition) is 6. The van der Waals surface area contributed by atoms with Crippen molar-refractivity contribution in [2.24, 2.45) is 0 Å². The van der Waals surface area contributed by atoms with Crippen molar-refractivity contribution in [2.75, 3.05) is 29.6 Å². The number of fused-ring (bicyclic) bond motifs is 1. The lowest BCUT2D eigenvalue weighted by molar-refractivity contribution is 0.174. The number of cyclic esters (lactones) is 1. The minimum atomic E-state index is -3.77. The molecule has 8 nitrogen and oxygen atoms in total. The van der Waals surface area contributed by atoms with Crippen molar-refractivity contribution in [3.05, 3.63) is 42.5 Å². The molecule has 1 fully saturated rings. The molecule has 2 aromatic carbocycles. The van der Waals surface area contributed by atoms with Crippen molar-refractivity contribution in [1.29, 1.82) is 0 Å². The van der Waals surface area contributed by atoms with E-state index in [-0.39, 0.29) is 11.7 Å². The maximum absolute atomic E-state index is 12.5. The standard InChI is InChI=1S/C16H14N2O6S/c19-16-18(7-8-22-16)12-2-4-13(5-3-12)25(20,21)17-11-1-6-14-15(9-11)24-10-23-14/h1-6,9,17H,7-8,10H2. The molecule has 0 unspecified atom stereocenters. The zero-order chi connectivity index (χ0) is 17.4. The molecule has 4 rings (SSSR count). The first-order chi connectivity index (χ1) is 12.0. The maximum Gasteiger partial charge on any atom is 0.414 e. The highest BCUT2D eigenvalue weighted by molar-refractivity contribution is 7.92. The predicted molar refractivity (Wildman–Crippen MR) is 88.5 cm³/mol. The van der Waals surface area contributed by atoms with Crippen molar-refractivity contribution < 1.29 is 27.4 Å². The molecule has 25 heavy (non-hydrogen) atoms. The van der Waals surface area contributed by atoms with E-state index in [1.807, 2.05) is 0 Å². The third-order valence-corrected chi connectivity index (χ3v) is 5.24. The number of sulfonamides is 1. The molecule has 2 heterocycles. The lowest BCUT2D eigenvalue weighted by Crippen LogP contribution is -2.23. The zero-order valence-corrected chi connectivity index (χ0v) is 13.8. The van der Waals surface area contributed by atoms with Crippen molar-refractivity contribution in [3.63, 3.8) is 0 Å². The van der Waals surface area contributed by atoms with E-state index in [0.717, 1.165) is 0 Å². The third kappa shape index (κ3) is 2.93. The minimum Gasteiger partial charge on any atom is -0.454 e. The lowest BCUT2D eigenvalue weighted by atomic mass is 10.3. The van der Waals surface area contributed by atoms with Crippen LogP contribution in [0.3, 0.4) is 0 Å². The van der Waals surface area contributed by atoms with E-state index < -0.39 is 16.1 Å². The summed E-state index contributed by atoms with van der Waals surface area (Å²) in [6.45, 7) is 0.886. The number of ether oxygens (including phenoxy) is 3. The van der Waals surface area contributed by atoms with Crippen molar-refractivity contribution in [3.8, 4) is 11.5 Å². The Morgan fingerprint density at radius 2 is 1.72 bits per heavy atom. The summed E-state index contributed by atoms with van der Waals surface area (Å²) in [6.07, 6.45) is -0.436. The molecule has 2 aliphatic rings. The zero-order valence-electron chi connectivity index (χ0n) is 13.0. The van der Waals surface area contributed by atoms with Crippen molar-refractivity contribution >= 4 is 27.5 Å². The quantitative estimate of drug-likeness (QED) is 0.896. The molecular weight excluding hydrogens is 348 g/mol. The van der Waals surface area contributed by atoms with E-state index in [0.29, 0.717) is 36.0 Å². The fourth-order valence-corrected chi connectivity index (χ4v) is 3.66. The fourth-order valence-electron chi connectivity index (χ4n) is 2.61. The minimum absolute atomic E-state index is 0.0847. The van der Waals surface area contributed by atoms with E-state index >= 15 is 0 Å². The lowest BCUT2D eigenvalue weighted by Gasteiger charge is -2.13. The molecule has 2 aromatic rings. The second-order valence-corrected chi connectivity index (χ2v) is 7.12. The number of nitrogens with one attached hydrogen (secondary N) is 1. The number of benzene rings is 2. The van der Waals surface area contributed by atoms with E-state index in [1.165, 1.54) is 17.0 Å². The number of anilines is 2. The highest BCUT2D eigenvalue weighted by atomic mass is 32.2. The first kappa shape index (κ1) is 15.6. The van der Waals surface area contributed by atoms with Gasteiger partial charge in [0.15, 0.2) is 11.5 Å². The van der Waals surface area contributed by atoms with Crippen LogP contribution in [0.25, 0.3) is 0 Å². The molecule has 0 radical (unpaired) electrons. The van der Waals surface area contributed by atoms with Crippen LogP contribution in [-0.4, -0.2) is 34.5 Å². The van der Waals surface area contributed by atoms with Gasteiger partial charge in [-0.2, -0.15) is 0 Å². The van der Waals surface area contributed by atoms with Crippen LogP contribution in [-0.2, 0) is 14.8 Å². The number of nitrogens with zero attached hydrogens (tertiary/aromatic N) is 1. The van der Waals surface area contributed by atoms with Gasteiger partial charge in [-0.25, -0.2) is 13.2 Å². The van der Waals surface area contributed by atoms with Crippen LogP contribution in [0, 0.1) is 0 Å². The van der Waals surface area contributed by atoms with Gasteiger partial charge in [0.25, 0.3) is 10.0 Å². The molecule has 9 heteroatoms. The van der Waals surface area contributed by atoms with E-state index in [2.05, 4.69) is 4.72 Å². The average Bonchev–Trinajstić information content (AvgIpc) is 3.23. The Hall–Kier alpha value is -2.94. The number of hydrogen-bond donors (Lipinski definition) is 1. The normalized spacial score (nSPS) is 16.0. The number of carbonyl (C=O) groups excluding carboxylic acids is 1. The summed E-state index contributed by atoms with van der Waals surface area (Å²) >= 11 is 0. The maximum atomic E-state index is 12.5. The highest BCUT2D eigenvalue weighted by Crippen LogP contribution is 2.35. The van der Waals surface area contributed by atoms with Gasteiger partial charge in [0.05, 0.1) is 17.1 Å². The Kier molecular flexibility index (Phi) is 3.65. The Balaban J connectivity index is 1.54. The molecule has 0 saturated carbocycles. The van der Waals surface area contributed by atoms with E-state index in [4.69, 9.17) is 14.2 Å². The van der Waals surface area contributed by atoms with Gasteiger partial charge in [0.2, 0.25) is 6.79 Å². The Morgan fingerprint density at radius 3 is 2.44 bits per heavy atom. The van der Waals surface area contributed by atoms with Crippen molar-refractivity contribution in [2.45, 2.75) is 4.90 Å². The predicted octanol–water partition coefficient (Wildman–Crippen LogP) is 2.17. The summed E-state index contributed by atoms with van der Waals surface area (Å²) in [5.74, 6) is 1.06. The van der Waals surface area contributed by atoms with Crippen molar-refractivity contribution in [1.82, 2.24) is 0 Å². The summed E-state index contributed by atoms with van der Waals surface area (Å²) in [5, 5.41) is 0. The van der Waals surface area contributed by atoms with Crippen LogP contribution in [0.1, 0.15) is 0 Å². The highest BCUT2D eigenvalue weighted by Gasteiger charge is 2.24. The van der Waals surface area contributed by atoms with Crippen LogP contribution < -0.4 is 19.1 Å². The van der Waals surface area contributed by atoms with E-state index in [9.17, 15) is 13.2 Å². The van der Waals surface area contributed by atoms with Gasteiger partial charge in [0.1, 0.15) is 6.61 Å². The van der Waals surface area contributed by atoms with Crippen LogP contribution >= 0.6 is 0 Å². The Labute approximate surface area is 144 Å². The smallest absolute Gasteiger partial charge is 0.414 e. The topological polar surface area (TPSA) is 94.2 Å². The molecule has 1 amide bonds. The Bertz CT molecular complexity index is 926. The van der Waals surface area contributed by atoms with Gasteiger partial charge < -0.3 is 14.2 Å². The molecule has 1 N–H and O–H groups in total. The number of carbonyl (C=O) groups is 1.